The van der Waals surface area contributed by atoms with Gasteiger partial charge in [0.1, 0.15) is 6.04 Å². The number of hydrogen-bond donors (Lipinski definition) is 1. The Morgan fingerprint density at radius 3 is 2.13 bits per heavy atom. The molecule has 1 N–H and O–H groups in total. The molecule has 2 aromatic carbocycles. The molecule has 31 heavy (non-hydrogen) atoms. The number of rotatable bonds is 9. The van der Waals surface area contributed by atoms with Crippen LogP contribution >= 0.6 is 15.9 Å². The van der Waals surface area contributed by atoms with Gasteiger partial charge in [-0.05, 0) is 54.0 Å². The number of carbonyl (C=O) groups excluding carboxylic acids is 2. The summed E-state index contributed by atoms with van der Waals surface area (Å²) >= 11 is 3.44. The first-order valence-corrected chi connectivity index (χ1v) is 11.8. The molecule has 0 radical (unpaired) electrons. The summed E-state index contributed by atoms with van der Waals surface area (Å²) < 4.78 is 0.988. The Balaban J connectivity index is 2.10. The lowest BCUT2D eigenvalue weighted by molar-refractivity contribution is -0.140. The molecule has 2 rings (SSSR count). The van der Waals surface area contributed by atoms with Gasteiger partial charge in [-0.15, -0.1) is 0 Å². The van der Waals surface area contributed by atoms with E-state index in [9.17, 15) is 9.59 Å². The Morgan fingerprint density at radius 1 is 1.00 bits per heavy atom. The zero-order chi connectivity index (χ0) is 23.0. The third-order valence-corrected chi connectivity index (χ3v) is 5.96. The summed E-state index contributed by atoms with van der Waals surface area (Å²) in [7, 11) is 0. The van der Waals surface area contributed by atoms with Crippen molar-refractivity contribution in [3.8, 4) is 0 Å². The summed E-state index contributed by atoms with van der Waals surface area (Å²) in [4.78, 5) is 27.4. The van der Waals surface area contributed by atoms with Crippen LogP contribution in [0.1, 0.15) is 64.2 Å². The largest absolute Gasteiger partial charge is 0.354 e. The van der Waals surface area contributed by atoms with Crippen LogP contribution in [0.25, 0.3) is 0 Å². The van der Waals surface area contributed by atoms with Gasteiger partial charge >= 0.3 is 0 Å². The molecule has 0 aliphatic heterocycles. The van der Waals surface area contributed by atoms with Crippen LogP contribution in [0.4, 0.5) is 0 Å². The van der Waals surface area contributed by atoms with E-state index in [4.69, 9.17) is 0 Å². The quantitative estimate of drug-likeness (QED) is 0.499. The van der Waals surface area contributed by atoms with Gasteiger partial charge in [0.2, 0.25) is 11.8 Å². The van der Waals surface area contributed by atoms with Gasteiger partial charge in [0.15, 0.2) is 0 Å². The zero-order valence-corrected chi connectivity index (χ0v) is 21.0. The van der Waals surface area contributed by atoms with Crippen LogP contribution in [0, 0.1) is 0 Å². The molecule has 5 heteroatoms. The maximum atomic E-state index is 13.2. The predicted molar refractivity (Wildman–Crippen MR) is 131 cm³/mol. The van der Waals surface area contributed by atoms with Crippen molar-refractivity contribution in [3.63, 3.8) is 0 Å². The smallest absolute Gasteiger partial charge is 0.242 e. The predicted octanol–water partition coefficient (Wildman–Crippen LogP) is 5.62. The Hall–Kier alpha value is -2.14. The lowest BCUT2D eigenvalue weighted by Crippen LogP contribution is -2.47. The van der Waals surface area contributed by atoms with E-state index in [1.54, 1.807) is 11.8 Å². The van der Waals surface area contributed by atoms with E-state index >= 15 is 0 Å². The second kappa shape index (κ2) is 11.5. The fraction of sp³-hybridized carbons (Fsp3) is 0.462. The number of amides is 2. The topological polar surface area (TPSA) is 49.4 Å². The first-order valence-electron chi connectivity index (χ1n) is 11.0. The molecule has 4 nitrogen and oxygen atoms in total. The van der Waals surface area contributed by atoms with Crippen LogP contribution in [-0.2, 0) is 28.0 Å². The normalized spacial score (nSPS) is 12.3. The minimum atomic E-state index is -0.522. The monoisotopic (exact) mass is 486 g/mol. The summed E-state index contributed by atoms with van der Waals surface area (Å²) in [6, 6.07) is 15.8. The first kappa shape index (κ1) is 25.1. The van der Waals surface area contributed by atoms with Crippen LogP contribution in [-0.4, -0.2) is 29.3 Å². The minimum absolute atomic E-state index is 0.0121. The van der Waals surface area contributed by atoms with Crippen LogP contribution in [0.2, 0.25) is 0 Å². The second-order valence-corrected chi connectivity index (χ2v) is 9.98. The van der Waals surface area contributed by atoms with Crippen LogP contribution in [0.5, 0.6) is 0 Å². The fourth-order valence-corrected chi connectivity index (χ4v) is 3.60. The molecule has 1 atom stereocenters. The average Bonchev–Trinajstić information content (AvgIpc) is 2.74. The number of nitrogens with one attached hydrogen (secondary N) is 1. The third kappa shape index (κ3) is 7.80. The lowest BCUT2D eigenvalue weighted by Gasteiger charge is -2.29. The van der Waals surface area contributed by atoms with Crippen molar-refractivity contribution in [1.82, 2.24) is 10.2 Å². The molecule has 0 saturated carbocycles. The van der Waals surface area contributed by atoms with Gasteiger partial charge in [0.25, 0.3) is 0 Å². The first-order chi connectivity index (χ1) is 14.6. The molecule has 0 heterocycles. The summed E-state index contributed by atoms with van der Waals surface area (Å²) in [5.41, 5.74) is 3.52. The van der Waals surface area contributed by atoms with Gasteiger partial charge in [-0.3, -0.25) is 9.59 Å². The summed E-state index contributed by atoms with van der Waals surface area (Å²) in [6.45, 7) is 11.4. The molecule has 2 amide bonds. The van der Waals surface area contributed by atoms with E-state index in [0.717, 1.165) is 22.0 Å². The number of hydrogen-bond acceptors (Lipinski definition) is 2. The van der Waals surface area contributed by atoms with Gasteiger partial charge in [-0.25, -0.2) is 0 Å². The number of aryl methyl sites for hydroxylation is 1. The molecule has 168 valence electrons. The third-order valence-electron chi connectivity index (χ3n) is 5.43. The highest BCUT2D eigenvalue weighted by molar-refractivity contribution is 9.10. The fourth-order valence-electron chi connectivity index (χ4n) is 3.33. The van der Waals surface area contributed by atoms with Crippen LogP contribution < -0.4 is 5.32 Å². The minimum Gasteiger partial charge on any atom is -0.354 e. The number of carbonyl (C=O) groups is 2. The number of benzene rings is 2. The molecule has 0 spiro atoms. The van der Waals surface area contributed by atoms with Crippen molar-refractivity contribution in [3.05, 3.63) is 69.7 Å². The van der Waals surface area contributed by atoms with E-state index in [0.29, 0.717) is 25.9 Å². The van der Waals surface area contributed by atoms with Crippen molar-refractivity contribution in [2.75, 3.05) is 6.54 Å². The molecular formula is C26H35BrN2O2. The van der Waals surface area contributed by atoms with E-state index < -0.39 is 6.04 Å². The SMILES string of the molecule is CCCNC(=O)[C@H](C)N(Cc1ccc(Br)cc1)C(=O)CCc1ccc(C(C)(C)C)cc1. The molecule has 0 bridgehead atoms. The second-order valence-electron chi connectivity index (χ2n) is 9.06. The molecule has 0 aliphatic rings. The van der Waals surface area contributed by atoms with E-state index in [1.807, 2.05) is 31.2 Å². The summed E-state index contributed by atoms with van der Waals surface area (Å²) in [6.07, 6.45) is 1.89. The van der Waals surface area contributed by atoms with Crippen molar-refractivity contribution < 1.29 is 9.59 Å². The van der Waals surface area contributed by atoms with Crippen molar-refractivity contribution >= 4 is 27.7 Å². The lowest BCUT2D eigenvalue weighted by atomic mass is 9.86. The standard InChI is InChI=1S/C26H35BrN2O2/c1-6-17-28-25(31)19(2)29(18-21-9-14-23(27)15-10-21)24(30)16-11-20-7-12-22(13-8-20)26(3,4)5/h7-10,12-15,19H,6,11,16-18H2,1-5H3,(H,28,31)/t19-/m0/s1. The van der Waals surface area contributed by atoms with Crippen molar-refractivity contribution in [1.29, 1.82) is 0 Å². The Kier molecular flexibility index (Phi) is 9.30. The molecule has 0 fully saturated rings. The number of halogens is 1. The molecule has 0 unspecified atom stereocenters. The maximum absolute atomic E-state index is 13.2. The highest BCUT2D eigenvalue weighted by atomic mass is 79.9. The van der Waals surface area contributed by atoms with Crippen molar-refractivity contribution in [2.45, 2.75) is 71.9 Å². The molecule has 0 saturated heterocycles. The highest BCUT2D eigenvalue weighted by Crippen LogP contribution is 2.23. The van der Waals surface area contributed by atoms with Gasteiger partial charge in [0.05, 0.1) is 0 Å². The average molecular weight is 487 g/mol. The Morgan fingerprint density at radius 2 is 1.58 bits per heavy atom. The van der Waals surface area contributed by atoms with E-state index in [-0.39, 0.29) is 17.2 Å². The van der Waals surface area contributed by atoms with Crippen LogP contribution in [0.3, 0.4) is 0 Å². The summed E-state index contributed by atoms with van der Waals surface area (Å²) in [5, 5.41) is 2.92. The maximum Gasteiger partial charge on any atom is 0.242 e. The number of nitrogens with zero attached hydrogens (tertiary/aromatic N) is 1. The summed E-state index contributed by atoms with van der Waals surface area (Å²) in [5.74, 6) is -0.121. The van der Waals surface area contributed by atoms with Crippen LogP contribution in [0.15, 0.2) is 53.0 Å². The van der Waals surface area contributed by atoms with Gasteiger partial charge in [-0.2, -0.15) is 0 Å². The van der Waals surface area contributed by atoms with Gasteiger partial charge in [-0.1, -0.05) is 80.0 Å². The Bertz CT molecular complexity index is 854. The van der Waals surface area contributed by atoms with Crippen molar-refractivity contribution in [2.24, 2.45) is 0 Å². The van der Waals surface area contributed by atoms with E-state index in [1.165, 1.54) is 5.56 Å². The highest BCUT2D eigenvalue weighted by Gasteiger charge is 2.25. The Labute approximate surface area is 195 Å². The van der Waals surface area contributed by atoms with E-state index in [2.05, 4.69) is 66.3 Å². The molecule has 0 aliphatic carbocycles. The molecular weight excluding hydrogens is 452 g/mol. The molecule has 0 aromatic heterocycles. The molecule has 2 aromatic rings. The zero-order valence-electron chi connectivity index (χ0n) is 19.4. The van der Waals surface area contributed by atoms with Gasteiger partial charge < -0.3 is 10.2 Å². The van der Waals surface area contributed by atoms with Gasteiger partial charge in [0, 0.05) is 24.0 Å².